The van der Waals surface area contributed by atoms with Crippen LogP contribution in [0.2, 0.25) is 5.15 Å². The minimum atomic E-state index is -0.0316. The van der Waals surface area contributed by atoms with Crippen LogP contribution in [0.1, 0.15) is 28.5 Å². The van der Waals surface area contributed by atoms with E-state index in [-0.39, 0.29) is 5.78 Å². The number of Topliss-reactive ketones (excluding diaryl/α,β-unsaturated/α-hetero) is 1. The number of hydrogen-bond donors (Lipinski definition) is 1. The fourth-order valence-corrected chi connectivity index (χ4v) is 1.90. The molecule has 0 aliphatic carbocycles. The molecule has 0 amide bonds. The second-order valence-electron chi connectivity index (χ2n) is 3.42. The van der Waals surface area contributed by atoms with Gasteiger partial charge in [0.1, 0.15) is 5.15 Å². The maximum atomic E-state index is 11.2. The molecule has 2 heterocycles. The third-order valence-corrected chi connectivity index (χ3v) is 2.67. The van der Waals surface area contributed by atoms with Gasteiger partial charge in [0, 0.05) is 25.2 Å². The minimum absolute atomic E-state index is 0.0316. The van der Waals surface area contributed by atoms with E-state index in [1.807, 2.05) is 6.07 Å². The van der Waals surface area contributed by atoms with Crippen molar-refractivity contribution in [1.82, 2.24) is 10.3 Å². The molecule has 4 heteroatoms. The van der Waals surface area contributed by atoms with E-state index in [0.29, 0.717) is 10.7 Å². The van der Waals surface area contributed by atoms with Crippen molar-refractivity contribution in [3.05, 3.63) is 28.0 Å². The molecule has 74 valence electrons. The number of nitrogens with one attached hydrogen (secondary N) is 1. The van der Waals surface area contributed by atoms with Crippen LogP contribution in [0.4, 0.5) is 0 Å². The van der Waals surface area contributed by atoms with E-state index in [9.17, 15) is 4.79 Å². The van der Waals surface area contributed by atoms with Gasteiger partial charge in [0.05, 0.1) is 5.56 Å². The standard InChI is InChI=1S/C10H11ClN2O/c1-6(14)8-4-7-5-12-3-2-9(7)13-10(8)11/h4,12H,2-3,5H2,1H3. The molecule has 0 spiro atoms. The van der Waals surface area contributed by atoms with Crippen LogP contribution in [0, 0.1) is 0 Å². The number of nitrogens with zero attached hydrogens (tertiary/aromatic N) is 1. The van der Waals surface area contributed by atoms with Gasteiger partial charge in [0.25, 0.3) is 0 Å². The van der Waals surface area contributed by atoms with Crippen molar-refractivity contribution in [3.63, 3.8) is 0 Å². The zero-order valence-corrected chi connectivity index (χ0v) is 8.69. The van der Waals surface area contributed by atoms with Gasteiger partial charge in [-0.2, -0.15) is 0 Å². The number of hydrogen-bond acceptors (Lipinski definition) is 3. The summed E-state index contributed by atoms with van der Waals surface area (Å²) in [5.74, 6) is -0.0316. The van der Waals surface area contributed by atoms with Gasteiger partial charge in [0.2, 0.25) is 0 Å². The lowest BCUT2D eigenvalue weighted by molar-refractivity contribution is 0.101. The fourth-order valence-electron chi connectivity index (χ4n) is 1.61. The van der Waals surface area contributed by atoms with Gasteiger partial charge in [-0.25, -0.2) is 4.98 Å². The topological polar surface area (TPSA) is 42.0 Å². The maximum absolute atomic E-state index is 11.2. The van der Waals surface area contributed by atoms with Crippen molar-refractivity contribution in [2.45, 2.75) is 19.9 Å². The molecule has 0 radical (unpaired) electrons. The summed E-state index contributed by atoms with van der Waals surface area (Å²) in [4.78, 5) is 15.4. The lowest BCUT2D eigenvalue weighted by Gasteiger charge is -2.17. The summed E-state index contributed by atoms with van der Waals surface area (Å²) in [6.45, 7) is 3.21. The number of carbonyl (C=O) groups is 1. The lowest BCUT2D eigenvalue weighted by atomic mass is 10.0. The van der Waals surface area contributed by atoms with Crippen LogP contribution in [-0.2, 0) is 13.0 Å². The number of fused-ring (bicyclic) bond motifs is 1. The van der Waals surface area contributed by atoms with Crippen LogP contribution < -0.4 is 5.32 Å². The monoisotopic (exact) mass is 210 g/mol. The molecule has 0 saturated carbocycles. The van der Waals surface area contributed by atoms with Gasteiger partial charge in [-0.05, 0) is 18.6 Å². The number of aromatic nitrogens is 1. The normalized spacial score (nSPS) is 15.0. The average Bonchev–Trinajstić information content (AvgIpc) is 2.16. The predicted octanol–water partition coefficient (Wildman–Crippen LogP) is 1.58. The molecule has 0 unspecified atom stereocenters. The van der Waals surface area contributed by atoms with E-state index in [0.717, 1.165) is 30.8 Å². The second kappa shape index (κ2) is 3.67. The molecule has 14 heavy (non-hydrogen) atoms. The van der Waals surface area contributed by atoms with Gasteiger partial charge in [-0.1, -0.05) is 11.6 Å². The summed E-state index contributed by atoms with van der Waals surface area (Å²) >= 11 is 5.90. The molecule has 1 N–H and O–H groups in total. The summed E-state index contributed by atoms with van der Waals surface area (Å²) in [5, 5.41) is 3.56. The first-order chi connectivity index (χ1) is 6.68. The van der Waals surface area contributed by atoms with E-state index < -0.39 is 0 Å². The van der Waals surface area contributed by atoms with Crippen molar-refractivity contribution in [3.8, 4) is 0 Å². The first-order valence-electron chi connectivity index (χ1n) is 4.58. The Morgan fingerprint density at radius 3 is 3.14 bits per heavy atom. The van der Waals surface area contributed by atoms with E-state index in [4.69, 9.17) is 11.6 Å². The zero-order chi connectivity index (χ0) is 10.1. The molecule has 0 atom stereocenters. The summed E-state index contributed by atoms with van der Waals surface area (Å²) in [5.41, 5.74) is 2.62. The van der Waals surface area contributed by atoms with Crippen molar-refractivity contribution < 1.29 is 4.79 Å². The van der Waals surface area contributed by atoms with Gasteiger partial charge in [-0.3, -0.25) is 4.79 Å². The Morgan fingerprint density at radius 1 is 1.64 bits per heavy atom. The summed E-state index contributed by atoms with van der Waals surface area (Å²) in [7, 11) is 0. The van der Waals surface area contributed by atoms with Crippen LogP contribution in [-0.4, -0.2) is 17.3 Å². The molecule has 1 aliphatic rings. The highest BCUT2D eigenvalue weighted by atomic mass is 35.5. The highest BCUT2D eigenvalue weighted by Crippen LogP contribution is 2.20. The first-order valence-corrected chi connectivity index (χ1v) is 4.96. The number of ketones is 1. The Morgan fingerprint density at radius 2 is 2.43 bits per heavy atom. The molecule has 1 aliphatic heterocycles. The maximum Gasteiger partial charge on any atom is 0.162 e. The molecule has 0 saturated heterocycles. The van der Waals surface area contributed by atoms with E-state index in [1.165, 1.54) is 6.92 Å². The Labute approximate surface area is 87.5 Å². The van der Waals surface area contributed by atoms with E-state index in [2.05, 4.69) is 10.3 Å². The molecule has 3 nitrogen and oxygen atoms in total. The minimum Gasteiger partial charge on any atom is -0.312 e. The molecule has 2 rings (SSSR count). The second-order valence-corrected chi connectivity index (χ2v) is 3.77. The van der Waals surface area contributed by atoms with Crippen molar-refractivity contribution in [2.75, 3.05) is 6.54 Å². The van der Waals surface area contributed by atoms with Crippen LogP contribution in [0.3, 0.4) is 0 Å². The first kappa shape index (κ1) is 9.62. The molecule has 0 fully saturated rings. The quantitative estimate of drug-likeness (QED) is 0.565. The molecule has 1 aromatic heterocycles. The Bertz CT molecular complexity index is 390. The van der Waals surface area contributed by atoms with Crippen LogP contribution >= 0.6 is 11.6 Å². The fraction of sp³-hybridized carbons (Fsp3) is 0.400. The Hall–Kier alpha value is -0.930. The number of pyridine rings is 1. The van der Waals surface area contributed by atoms with Gasteiger partial charge >= 0.3 is 0 Å². The van der Waals surface area contributed by atoms with E-state index in [1.54, 1.807) is 0 Å². The molecule has 0 aromatic carbocycles. The van der Waals surface area contributed by atoms with Crippen molar-refractivity contribution >= 4 is 17.4 Å². The van der Waals surface area contributed by atoms with Gasteiger partial charge in [0.15, 0.2) is 5.78 Å². The van der Waals surface area contributed by atoms with Crippen LogP contribution in [0.15, 0.2) is 6.07 Å². The summed E-state index contributed by atoms with van der Waals surface area (Å²) in [6, 6.07) is 1.85. The molecular weight excluding hydrogens is 200 g/mol. The molecule has 1 aromatic rings. The largest absolute Gasteiger partial charge is 0.312 e. The van der Waals surface area contributed by atoms with E-state index >= 15 is 0 Å². The Balaban J connectivity index is 2.50. The molecule has 0 bridgehead atoms. The third kappa shape index (κ3) is 1.65. The lowest BCUT2D eigenvalue weighted by Crippen LogP contribution is -2.25. The summed E-state index contributed by atoms with van der Waals surface area (Å²) in [6.07, 6.45) is 0.882. The van der Waals surface area contributed by atoms with Gasteiger partial charge in [-0.15, -0.1) is 0 Å². The number of carbonyl (C=O) groups excluding carboxylic acids is 1. The van der Waals surface area contributed by atoms with Gasteiger partial charge < -0.3 is 5.32 Å². The van der Waals surface area contributed by atoms with Crippen molar-refractivity contribution in [1.29, 1.82) is 0 Å². The van der Waals surface area contributed by atoms with Crippen LogP contribution in [0.5, 0.6) is 0 Å². The average molecular weight is 211 g/mol. The summed E-state index contributed by atoms with van der Waals surface area (Å²) < 4.78 is 0. The third-order valence-electron chi connectivity index (χ3n) is 2.38. The highest BCUT2D eigenvalue weighted by Gasteiger charge is 2.15. The molecular formula is C10H11ClN2O. The smallest absolute Gasteiger partial charge is 0.162 e. The number of rotatable bonds is 1. The SMILES string of the molecule is CC(=O)c1cc2c(nc1Cl)CCNC2. The zero-order valence-electron chi connectivity index (χ0n) is 7.93. The predicted molar refractivity (Wildman–Crippen MR) is 54.7 cm³/mol. The Kier molecular flexibility index (Phi) is 2.52. The van der Waals surface area contributed by atoms with Crippen LogP contribution in [0.25, 0.3) is 0 Å². The highest BCUT2D eigenvalue weighted by molar-refractivity contribution is 6.32. The van der Waals surface area contributed by atoms with Crippen molar-refractivity contribution in [2.24, 2.45) is 0 Å². The number of halogens is 1.